The molecular formula is C24H28N4O4. The predicted molar refractivity (Wildman–Crippen MR) is 119 cm³/mol. The molecule has 4 amide bonds. The highest BCUT2D eigenvalue weighted by atomic mass is 16.2. The Balaban J connectivity index is 1.41. The maximum Gasteiger partial charge on any atom is 0.269 e. The lowest BCUT2D eigenvalue weighted by Gasteiger charge is -2.27. The molecule has 0 spiro atoms. The van der Waals surface area contributed by atoms with Crippen LogP contribution in [0, 0.1) is 25.7 Å². The highest BCUT2D eigenvalue weighted by molar-refractivity contribution is 5.97. The number of aryl methyl sites for hydroxylation is 2. The Kier molecular flexibility index (Phi) is 7.59. The summed E-state index contributed by atoms with van der Waals surface area (Å²) in [5.41, 5.74) is 12.5. The molecule has 1 fully saturated rings. The first kappa shape index (κ1) is 23.0. The first-order valence-electron chi connectivity index (χ1n) is 10.7. The van der Waals surface area contributed by atoms with Gasteiger partial charge in [0.2, 0.25) is 11.8 Å². The Morgan fingerprint density at radius 3 is 1.28 bits per heavy atom. The monoisotopic (exact) mass is 436 g/mol. The summed E-state index contributed by atoms with van der Waals surface area (Å²) in [7, 11) is 0. The van der Waals surface area contributed by atoms with Crippen LogP contribution >= 0.6 is 0 Å². The van der Waals surface area contributed by atoms with Gasteiger partial charge in [-0.15, -0.1) is 0 Å². The lowest BCUT2D eigenvalue weighted by atomic mass is 9.81. The summed E-state index contributed by atoms with van der Waals surface area (Å²) in [6, 6.07) is 14.2. The van der Waals surface area contributed by atoms with Gasteiger partial charge in [-0.25, -0.2) is 0 Å². The van der Waals surface area contributed by atoms with Crippen LogP contribution in [0.1, 0.15) is 57.5 Å². The Morgan fingerprint density at radius 1 is 0.594 bits per heavy atom. The van der Waals surface area contributed by atoms with Crippen LogP contribution < -0.4 is 21.7 Å². The van der Waals surface area contributed by atoms with Crippen molar-refractivity contribution in [3.05, 3.63) is 70.8 Å². The molecule has 0 radical (unpaired) electrons. The summed E-state index contributed by atoms with van der Waals surface area (Å²) in [6.07, 6.45) is 2.09. The van der Waals surface area contributed by atoms with Crippen LogP contribution in [0.4, 0.5) is 0 Å². The van der Waals surface area contributed by atoms with Gasteiger partial charge in [0.25, 0.3) is 11.8 Å². The normalized spacial score (nSPS) is 17.7. The Morgan fingerprint density at radius 2 is 0.938 bits per heavy atom. The molecule has 0 unspecified atom stereocenters. The summed E-state index contributed by atoms with van der Waals surface area (Å²) in [5, 5.41) is 0. The lowest BCUT2D eigenvalue weighted by molar-refractivity contribution is -0.131. The molecule has 2 aromatic rings. The van der Waals surface area contributed by atoms with E-state index in [1.807, 2.05) is 38.1 Å². The van der Waals surface area contributed by atoms with E-state index in [1.165, 1.54) is 0 Å². The second-order valence-corrected chi connectivity index (χ2v) is 8.07. The van der Waals surface area contributed by atoms with Crippen LogP contribution in [-0.4, -0.2) is 23.6 Å². The van der Waals surface area contributed by atoms with Crippen molar-refractivity contribution in [3.63, 3.8) is 0 Å². The third-order valence-corrected chi connectivity index (χ3v) is 5.85. The average Bonchev–Trinajstić information content (AvgIpc) is 2.81. The van der Waals surface area contributed by atoms with Crippen molar-refractivity contribution in [1.82, 2.24) is 21.7 Å². The van der Waals surface area contributed by atoms with Crippen molar-refractivity contribution in [3.8, 4) is 0 Å². The average molecular weight is 437 g/mol. The first-order valence-corrected chi connectivity index (χ1v) is 10.7. The fourth-order valence-electron chi connectivity index (χ4n) is 3.85. The molecule has 0 atom stereocenters. The number of hydrogen-bond donors (Lipinski definition) is 4. The van der Waals surface area contributed by atoms with E-state index in [4.69, 9.17) is 0 Å². The van der Waals surface area contributed by atoms with E-state index in [1.54, 1.807) is 24.3 Å². The molecule has 168 valence electrons. The minimum Gasteiger partial charge on any atom is -0.273 e. The molecule has 0 aromatic heterocycles. The van der Waals surface area contributed by atoms with Gasteiger partial charge in [-0.2, -0.15) is 0 Å². The van der Waals surface area contributed by atoms with Gasteiger partial charge in [0.1, 0.15) is 0 Å². The molecule has 0 saturated heterocycles. The van der Waals surface area contributed by atoms with Crippen LogP contribution in [0.2, 0.25) is 0 Å². The fourth-order valence-corrected chi connectivity index (χ4v) is 3.85. The Bertz CT molecular complexity index is 931. The Hall–Kier alpha value is -3.68. The van der Waals surface area contributed by atoms with Gasteiger partial charge in [-0.3, -0.25) is 40.9 Å². The van der Waals surface area contributed by atoms with E-state index >= 15 is 0 Å². The van der Waals surface area contributed by atoms with Gasteiger partial charge < -0.3 is 0 Å². The molecule has 1 aliphatic rings. The number of hydrazine groups is 2. The second kappa shape index (κ2) is 10.6. The zero-order valence-corrected chi connectivity index (χ0v) is 18.2. The number of nitrogens with one attached hydrogen (secondary N) is 4. The van der Waals surface area contributed by atoms with Crippen molar-refractivity contribution >= 4 is 23.6 Å². The standard InChI is InChI=1S/C24H28N4O4/c1-15-7-3-5-9-19(15)23(31)27-25-21(29)17-11-13-18(14-12-17)22(30)26-28-24(32)20-10-6-4-8-16(20)2/h3-10,17-18H,11-14H2,1-2H3,(H,25,29)(H,26,30)(H,27,31)(H,28,32). The van der Waals surface area contributed by atoms with Gasteiger partial charge in [0, 0.05) is 23.0 Å². The highest BCUT2D eigenvalue weighted by Gasteiger charge is 2.30. The maximum absolute atomic E-state index is 12.4. The molecule has 0 heterocycles. The third-order valence-electron chi connectivity index (χ3n) is 5.85. The summed E-state index contributed by atoms with van der Waals surface area (Å²) in [5.74, 6) is -1.82. The van der Waals surface area contributed by atoms with Crippen LogP contribution in [0.25, 0.3) is 0 Å². The van der Waals surface area contributed by atoms with Gasteiger partial charge in [-0.05, 0) is 62.8 Å². The molecule has 8 heteroatoms. The number of carbonyl (C=O) groups excluding carboxylic acids is 4. The number of hydrogen-bond acceptors (Lipinski definition) is 4. The highest BCUT2D eigenvalue weighted by Crippen LogP contribution is 2.28. The van der Waals surface area contributed by atoms with Crippen molar-refractivity contribution in [2.45, 2.75) is 39.5 Å². The minimum atomic E-state index is -0.367. The lowest BCUT2D eigenvalue weighted by Crippen LogP contribution is -2.47. The molecule has 1 aliphatic carbocycles. The summed E-state index contributed by atoms with van der Waals surface area (Å²) in [6.45, 7) is 3.65. The minimum absolute atomic E-state index is 0.265. The molecule has 3 rings (SSSR count). The van der Waals surface area contributed by atoms with Crippen molar-refractivity contribution in [2.24, 2.45) is 11.8 Å². The molecule has 32 heavy (non-hydrogen) atoms. The van der Waals surface area contributed by atoms with E-state index in [2.05, 4.69) is 21.7 Å². The van der Waals surface area contributed by atoms with Crippen molar-refractivity contribution in [1.29, 1.82) is 0 Å². The molecule has 2 aromatic carbocycles. The number of carbonyl (C=O) groups is 4. The SMILES string of the molecule is Cc1ccccc1C(=O)NNC(=O)C1CCC(C(=O)NNC(=O)c2ccccc2C)CC1. The Labute approximate surface area is 187 Å². The van der Waals surface area contributed by atoms with E-state index in [9.17, 15) is 19.2 Å². The van der Waals surface area contributed by atoms with Gasteiger partial charge >= 0.3 is 0 Å². The van der Waals surface area contributed by atoms with Crippen molar-refractivity contribution in [2.75, 3.05) is 0 Å². The molecular weight excluding hydrogens is 408 g/mol. The summed E-state index contributed by atoms with van der Waals surface area (Å²) in [4.78, 5) is 49.3. The summed E-state index contributed by atoms with van der Waals surface area (Å²) < 4.78 is 0. The van der Waals surface area contributed by atoms with Crippen molar-refractivity contribution < 1.29 is 19.2 Å². The van der Waals surface area contributed by atoms with Crippen LogP contribution in [0.15, 0.2) is 48.5 Å². The van der Waals surface area contributed by atoms with Crippen LogP contribution in [0.3, 0.4) is 0 Å². The van der Waals surface area contributed by atoms with Crippen LogP contribution in [-0.2, 0) is 9.59 Å². The van der Waals surface area contributed by atoms with Crippen LogP contribution in [0.5, 0.6) is 0 Å². The molecule has 8 nitrogen and oxygen atoms in total. The summed E-state index contributed by atoms with van der Waals surface area (Å²) >= 11 is 0. The molecule has 4 N–H and O–H groups in total. The first-order chi connectivity index (χ1) is 15.4. The smallest absolute Gasteiger partial charge is 0.269 e. The zero-order chi connectivity index (χ0) is 23.1. The quantitative estimate of drug-likeness (QED) is 0.551. The van der Waals surface area contributed by atoms with E-state index in [-0.39, 0.29) is 35.5 Å². The van der Waals surface area contributed by atoms with E-state index in [0.717, 1.165) is 11.1 Å². The van der Waals surface area contributed by atoms with E-state index < -0.39 is 0 Å². The molecule has 0 aliphatic heterocycles. The number of benzene rings is 2. The third kappa shape index (κ3) is 5.72. The van der Waals surface area contributed by atoms with Gasteiger partial charge in [0.15, 0.2) is 0 Å². The number of rotatable bonds is 4. The van der Waals surface area contributed by atoms with Gasteiger partial charge in [-0.1, -0.05) is 36.4 Å². The number of amides is 4. The topological polar surface area (TPSA) is 116 Å². The predicted octanol–water partition coefficient (Wildman–Crippen LogP) is 2.33. The molecule has 1 saturated carbocycles. The second-order valence-electron chi connectivity index (χ2n) is 8.07. The van der Waals surface area contributed by atoms with Gasteiger partial charge in [0.05, 0.1) is 0 Å². The zero-order valence-electron chi connectivity index (χ0n) is 18.2. The molecule has 0 bridgehead atoms. The maximum atomic E-state index is 12.4. The fraction of sp³-hybridized carbons (Fsp3) is 0.333. The largest absolute Gasteiger partial charge is 0.273 e. The van der Waals surface area contributed by atoms with E-state index in [0.29, 0.717) is 36.8 Å².